The molecule has 10 heteroatoms. The first-order valence-corrected chi connectivity index (χ1v) is 11.0. The Morgan fingerprint density at radius 3 is 2.61 bits per heavy atom. The smallest absolute Gasteiger partial charge is 0.290 e. The lowest BCUT2D eigenvalue weighted by Gasteiger charge is -2.32. The highest BCUT2D eigenvalue weighted by molar-refractivity contribution is 7.98. The maximum absolute atomic E-state index is 13.1. The van der Waals surface area contributed by atoms with Crippen LogP contribution in [0.1, 0.15) is 51.2 Å². The molecule has 0 atom stereocenters. The predicted octanol–water partition coefficient (Wildman–Crippen LogP) is 3.00. The van der Waals surface area contributed by atoms with E-state index in [0.717, 1.165) is 4.90 Å². The van der Waals surface area contributed by atoms with E-state index in [2.05, 4.69) is 20.6 Å². The van der Waals surface area contributed by atoms with Crippen LogP contribution in [0.15, 0.2) is 44.3 Å². The van der Waals surface area contributed by atoms with Crippen molar-refractivity contribution in [2.45, 2.75) is 43.4 Å². The second-order valence-corrected chi connectivity index (χ2v) is 8.40. The molecule has 3 aromatic rings. The number of rotatable bonds is 6. The Morgan fingerprint density at radius 2 is 1.94 bits per heavy atom. The van der Waals surface area contributed by atoms with Crippen LogP contribution in [0.4, 0.5) is 0 Å². The molecule has 9 nitrogen and oxygen atoms in total. The molecule has 0 spiro atoms. The minimum absolute atomic E-state index is 0.00643. The monoisotopic (exact) mass is 441 g/mol. The minimum Gasteiger partial charge on any atom is -0.351 e. The summed E-state index contributed by atoms with van der Waals surface area (Å²) in [4.78, 5) is 32.3. The van der Waals surface area contributed by atoms with Gasteiger partial charge in [-0.15, -0.1) is 11.8 Å². The Morgan fingerprint density at radius 1 is 1.16 bits per heavy atom. The van der Waals surface area contributed by atoms with Crippen molar-refractivity contribution in [2.75, 3.05) is 13.1 Å². The van der Waals surface area contributed by atoms with E-state index in [9.17, 15) is 9.59 Å². The molecule has 1 fully saturated rings. The average Bonchev–Trinajstić information content (AvgIpc) is 3.40. The molecule has 1 aliphatic rings. The van der Waals surface area contributed by atoms with Crippen molar-refractivity contribution in [3.8, 4) is 0 Å². The van der Waals surface area contributed by atoms with Gasteiger partial charge in [0.1, 0.15) is 0 Å². The quantitative estimate of drug-likeness (QED) is 0.581. The Hall–Kier alpha value is -3.14. The molecule has 0 saturated carbocycles. The molecular formula is C21H23N5O4S. The third-order valence-electron chi connectivity index (χ3n) is 5.01. The molecule has 1 aromatic carbocycles. The summed E-state index contributed by atoms with van der Waals surface area (Å²) in [5, 5.41) is 10.6. The molecule has 2 amide bonds. The van der Waals surface area contributed by atoms with Gasteiger partial charge in [-0.3, -0.25) is 9.59 Å². The number of nitrogens with one attached hydrogen (secondary N) is 1. The fourth-order valence-electron chi connectivity index (χ4n) is 3.44. The number of thioether (sulfide) groups is 1. The van der Waals surface area contributed by atoms with Crippen molar-refractivity contribution in [3.63, 3.8) is 0 Å². The summed E-state index contributed by atoms with van der Waals surface area (Å²) < 4.78 is 10.0. The minimum atomic E-state index is -0.274. The summed E-state index contributed by atoms with van der Waals surface area (Å²) in [5.41, 5.74) is 1.32. The number of hydrogen-bond acceptors (Lipinski definition) is 8. The van der Waals surface area contributed by atoms with Crippen LogP contribution in [0.2, 0.25) is 0 Å². The summed E-state index contributed by atoms with van der Waals surface area (Å²) in [5.74, 6) is 1.57. The number of carbonyl (C=O) groups is 2. The average molecular weight is 442 g/mol. The lowest BCUT2D eigenvalue weighted by Crippen LogP contribution is -2.46. The van der Waals surface area contributed by atoms with Gasteiger partial charge in [-0.25, -0.2) is 0 Å². The molecule has 162 valence electrons. The van der Waals surface area contributed by atoms with Gasteiger partial charge in [0.15, 0.2) is 5.82 Å². The Balaban J connectivity index is 1.33. The van der Waals surface area contributed by atoms with Crippen LogP contribution >= 0.6 is 11.8 Å². The van der Waals surface area contributed by atoms with Gasteiger partial charge in [0.05, 0.1) is 17.0 Å². The fraction of sp³-hybridized carbons (Fsp3) is 0.381. The fourth-order valence-corrected chi connectivity index (χ4v) is 4.32. The van der Waals surface area contributed by atoms with Gasteiger partial charge in [-0.2, -0.15) is 4.98 Å². The summed E-state index contributed by atoms with van der Waals surface area (Å²) in [7, 11) is 0. The van der Waals surface area contributed by atoms with Crippen molar-refractivity contribution in [3.05, 3.63) is 59.1 Å². The highest BCUT2D eigenvalue weighted by Gasteiger charge is 2.27. The van der Waals surface area contributed by atoms with Gasteiger partial charge in [0, 0.05) is 37.0 Å². The zero-order valence-corrected chi connectivity index (χ0v) is 18.1. The number of nitrogens with zero attached hydrogens (tertiary/aromatic N) is 4. The van der Waals surface area contributed by atoms with Crippen LogP contribution in [0, 0.1) is 13.8 Å². The van der Waals surface area contributed by atoms with Crippen molar-refractivity contribution >= 4 is 23.6 Å². The summed E-state index contributed by atoms with van der Waals surface area (Å²) >= 11 is 1.51. The Kier molecular flexibility index (Phi) is 6.36. The van der Waals surface area contributed by atoms with Crippen LogP contribution in [0.25, 0.3) is 0 Å². The molecule has 1 N–H and O–H groups in total. The second kappa shape index (κ2) is 9.34. The first-order chi connectivity index (χ1) is 15.0. The third kappa shape index (κ3) is 5.13. The molecule has 0 aliphatic carbocycles. The maximum Gasteiger partial charge on any atom is 0.290 e. The van der Waals surface area contributed by atoms with E-state index in [1.165, 1.54) is 11.8 Å². The highest BCUT2D eigenvalue weighted by Crippen LogP contribution is 2.27. The van der Waals surface area contributed by atoms with Crippen molar-refractivity contribution in [2.24, 2.45) is 0 Å². The number of benzene rings is 1. The first-order valence-electron chi connectivity index (χ1n) is 10.0. The number of amides is 2. The molecule has 31 heavy (non-hydrogen) atoms. The third-order valence-corrected chi connectivity index (χ3v) is 6.08. The van der Waals surface area contributed by atoms with Crippen LogP contribution in [-0.4, -0.2) is 51.1 Å². The number of carbonyl (C=O) groups excluding carboxylic acids is 2. The molecule has 1 aliphatic heterocycles. The maximum atomic E-state index is 13.1. The molecule has 3 heterocycles. The number of hydrogen-bond donors (Lipinski definition) is 1. The normalized spacial score (nSPS) is 14.6. The van der Waals surface area contributed by atoms with E-state index in [0.29, 0.717) is 54.7 Å². The molecule has 2 aromatic heterocycles. The largest absolute Gasteiger partial charge is 0.351 e. The molecule has 1 saturated heterocycles. The van der Waals surface area contributed by atoms with Crippen molar-refractivity contribution in [1.82, 2.24) is 25.5 Å². The highest BCUT2D eigenvalue weighted by atomic mass is 32.2. The van der Waals surface area contributed by atoms with E-state index in [1.54, 1.807) is 19.9 Å². The van der Waals surface area contributed by atoms with Crippen LogP contribution in [-0.2, 0) is 5.75 Å². The van der Waals surface area contributed by atoms with E-state index in [1.807, 2.05) is 29.2 Å². The number of piperidine rings is 1. The molecular weight excluding hydrogens is 418 g/mol. The standard InChI is InChI=1S/C21H23N5O4S/c1-13-11-17(30-24-13)20(27)23-15-7-9-26(10-8-15)21(28)16-5-3-4-6-18(16)31-12-19-22-14(2)29-25-19/h3-6,11,15H,7-10,12H2,1-2H3,(H,23,27). The van der Waals surface area contributed by atoms with Gasteiger partial charge in [-0.05, 0) is 31.9 Å². The van der Waals surface area contributed by atoms with E-state index in [-0.39, 0.29) is 23.6 Å². The van der Waals surface area contributed by atoms with E-state index < -0.39 is 0 Å². The zero-order valence-electron chi connectivity index (χ0n) is 17.3. The van der Waals surface area contributed by atoms with Crippen molar-refractivity contribution in [1.29, 1.82) is 0 Å². The topological polar surface area (TPSA) is 114 Å². The van der Waals surface area contributed by atoms with Crippen LogP contribution < -0.4 is 5.32 Å². The van der Waals surface area contributed by atoms with Gasteiger partial charge >= 0.3 is 0 Å². The SMILES string of the molecule is Cc1cc(C(=O)NC2CCN(C(=O)c3ccccc3SCc3noc(C)n3)CC2)on1. The lowest BCUT2D eigenvalue weighted by molar-refractivity contribution is 0.0691. The van der Waals surface area contributed by atoms with Gasteiger partial charge in [-0.1, -0.05) is 22.4 Å². The second-order valence-electron chi connectivity index (χ2n) is 7.39. The number of aromatic nitrogens is 3. The molecule has 0 unspecified atom stereocenters. The van der Waals surface area contributed by atoms with E-state index in [4.69, 9.17) is 9.05 Å². The summed E-state index contributed by atoms with van der Waals surface area (Å²) in [6.07, 6.45) is 1.37. The Labute approximate surface area is 183 Å². The van der Waals surface area contributed by atoms with Crippen molar-refractivity contribution < 1.29 is 18.6 Å². The molecule has 0 bridgehead atoms. The van der Waals surface area contributed by atoms with E-state index >= 15 is 0 Å². The van der Waals surface area contributed by atoms with Gasteiger partial charge in [0.25, 0.3) is 11.8 Å². The Bertz CT molecular complexity index is 1070. The van der Waals surface area contributed by atoms with Crippen LogP contribution in [0.5, 0.6) is 0 Å². The zero-order chi connectivity index (χ0) is 21.8. The van der Waals surface area contributed by atoms with Gasteiger partial charge < -0.3 is 19.3 Å². The lowest BCUT2D eigenvalue weighted by atomic mass is 10.0. The summed E-state index contributed by atoms with van der Waals surface area (Å²) in [6, 6.07) is 9.14. The first kappa shape index (κ1) is 21.1. The molecule has 0 radical (unpaired) electrons. The molecule has 4 rings (SSSR count). The van der Waals surface area contributed by atoms with Gasteiger partial charge in [0.2, 0.25) is 11.7 Å². The predicted molar refractivity (Wildman–Crippen MR) is 113 cm³/mol. The van der Waals surface area contributed by atoms with Crippen LogP contribution in [0.3, 0.4) is 0 Å². The summed E-state index contributed by atoms with van der Waals surface area (Å²) in [6.45, 7) is 4.66. The number of likely N-dealkylation sites (tertiary alicyclic amines) is 1. The number of aryl methyl sites for hydroxylation is 2.